The van der Waals surface area contributed by atoms with Gasteiger partial charge in [0.2, 0.25) is 11.7 Å². The van der Waals surface area contributed by atoms with E-state index in [9.17, 15) is 14.0 Å². The lowest BCUT2D eigenvalue weighted by Crippen LogP contribution is -2.36. The van der Waals surface area contributed by atoms with Gasteiger partial charge in [-0.15, -0.1) is 0 Å². The molecule has 5 rings (SSSR count). The Morgan fingerprint density at radius 1 is 1.34 bits per heavy atom. The summed E-state index contributed by atoms with van der Waals surface area (Å²) in [6.07, 6.45) is 6.13. The predicted molar refractivity (Wildman–Crippen MR) is 128 cm³/mol. The van der Waals surface area contributed by atoms with Crippen molar-refractivity contribution in [2.75, 3.05) is 11.9 Å². The van der Waals surface area contributed by atoms with Crippen LogP contribution in [0.1, 0.15) is 69.1 Å². The minimum atomic E-state index is -1.04. The Morgan fingerprint density at radius 2 is 2.11 bits per heavy atom. The van der Waals surface area contributed by atoms with E-state index in [1.807, 2.05) is 20.0 Å². The quantitative estimate of drug-likeness (QED) is 0.574. The Labute approximate surface area is 202 Å². The third kappa shape index (κ3) is 4.54. The number of alkyl halides is 1. The third-order valence-electron chi connectivity index (χ3n) is 6.67. The topological polar surface area (TPSA) is 99.8 Å². The first-order chi connectivity index (χ1) is 16.6. The van der Waals surface area contributed by atoms with E-state index in [1.54, 1.807) is 16.7 Å². The van der Waals surface area contributed by atoms with E-state index in [-0.39, 0.29) is 34.8 Å². The Kier molecular flexibility index (Phi) is 5.86. The van der Waals surface area contributed by atoms with Crippen LogP contribution in [0.2, 0.25) is 0 Å². The van der Waals surface area contributed by atoms with Crippen LogP contribution in [0.25, 0.3) is 5.78 Å². The van der Waals surface area contributed by atoms with Crippen molar-refractivity contribution in [3.05, 3.63) is 52.3 Å². The molecule has 1 aliphatic heterocycles. The Balaban J connectivity index is 1.49. The average Bonchev–Trinajstić information content (AvgIpc) is 3.37. The number of amides is 1. The molecule has 35 heavy (non-hydrogen) atoms. The molecular formula is C25H30FN5O4. The number of halogens is 1. The van der Waals surface area contributed by atoms with Gasteiger partial charge in [0, 0.05) is 30.4 Å². The van der Waals surface area contributed by atoms with Crippen molar-refractivity contribution >= 4 is 17.4 Å². The first-order valence-electron chi connectivity index (χ1n) is 12.0. The maximum atomic E-state index is 13.5. The highest BCUT2D eigenvalue weighted by Crippen LogP contribution is 2.38. The van der Waals surface area contributed by atoms with Crippen LogP contribution in [-0.4, -0.2) is 49.8 Å². The minimum Gasteiger partial charge on any atom is -0.474 e. The van der Waals surface area contributed by atoms with Crippen molar-refractivity contribution < 1.29 is 18.7 Å². The Morgan fingerprint density at radius 3 is 2.77 bits per heavy atom. The second kappa shape index (κ2) is 8.75. The van der Waals surface area contributed by atoms with Crippen LogP contribution >= 0.6 is 0 Å². The zero-order chi connectivity index (χ0) is 24.9. The molecule has 1 unspecified atom stereocenters. The molecule has 4 heterocycles. The summed E-state index contributed by atoms with van der Waals surface area (Å²) < 4.78 is 28.3. The monoisotopic (exact) mass is 483 g/mol. The lowest BCUT2D eigenvalue weighted by atomic mass is 9.81. The molecule has 1 N–H and O–H groups in total. The van der Waals surface area contributed by atoms with Crippen LogP contribution in [0.5, 0.6) is 5.88 Å². The van der Waals surface area contributed by atoms with Crippen molar-refractivity contribution in [3.63, 3.8) is 0 Å². The SMILES string of the molecule is CC(C)Oc1nc2nc([C@@]3(C)CCC(C)OC3)cn2cc1C(=O)Nc1cccn([C@H]2C[C@H]2F)c1=O. The largest absolute Gasteiger partial charge is 0.474 e. The van der Waals surface area contributed by atoms with Gasteiger partial charge >= 0.3 is 0 Å². The molecule has 2 fully saturated rings. The first kappa shape index (κ1) is 23.5. The van der Waals surface area contributed by atoms with Crippen LogP contribution < -0.4 is 15.6 Å². The molecule has 0 aromatic carbocycles. The number of rotatable bonds is 6. The molecule has 0 bridgehead atoms. The summed E-state index contributed by atoms with van der Waals surface area (Å²) in [5.74, 6) is -0.00583. The Hall–Kier alpha value is -3.27. The molecule has 2 aliphatic rings. The van der Waals surface area contributed by atoms with Crippen molar-refractivity contribution in [2.45, 2.75) is 76.8 Å². The predicted octanol–water partition coefficient (Wildman–Crippen LogP) is 3.67. The number of anilines is 1. The van der Waals surface area contributed by atoms with Gasteiger partial charge in [0.15, 0.2) is 0 Å². The van der Waals surface area contributed by atoms with E-state index < -0.39 is 23.7 Å². The number of fused-ring (bicyclic) bond motifs is 1. The van der Waals surface area contributed by atoms with Gasteiger partial charge in [-0.25, -0.2) is 9.37 Å². The van der Waals surface area contributed by atoms with Gasteiger partial charge in [0.25, 0.3) is 11.5 Å². The number of nitrogens with one attached hydrogen (secondary N) is 1. The van der Waals surface area contributed by atoms with E-state index >= 15 is 0 Å². The minimum absolute atomic E-state index is 0.0690. The fourth-order valence-electron chi connectivity index (χ4n) is 4.37. The Bertz CT molecular complexity index is 1330. The number of imidazole rings is 1. The van der Waals surface area contributed by atoms with Gasteiger partial charge in [0.1, 0.15) is 17.4 Å². The number of carbonyl (C=O) groups is 1. The maximum absolute atomic E-state index is 13.5. The number of nitrogens with zero attached hydrogens (tertiary/aromatic N) is 4. The molecule has 10 heteroatoms. The van der Waals surface area contributed by atoms with E-state index in [4.69, 9.17) is 14.5 Å². The summed E-state index contributed by atoms with van der Waals surface area (Å²) in [5, 5.41) is 2.66. The summed E-state index contributed by atoms with van der Waals surface area (Å²) in [6, 6.07) is 2.64. The fourth-order valence-corrected chi connectivity index (χ4v) is 4.37. The molecule has 1 amide bonds. The highest BCUT2D eigenvalue weighted by atomic mass is 19.1. The highest BCUT2D eigenvalue weighted by Gasteiger charge is 2.40. The molecule has 3 aromatic heterocycles. The molecular weight excluding hydrogens is 453 g/mol. The van der Waals surface area contributed by atoms with Gasteiger partial charge in [-0.05, 0) is 45.7 Å². The summed E-state index contributed by atoms with van der Waals surface area (Å²) >= 11 is 0. The molecule has 0 spiro atoms. The zero-order valence-corrected chi connectivity index (χ0v) is 20.3. The van der Waals surface area contributed by atoms with Crippen LogP contribution in [0.15, 0.2) is 35.5 Å². The standard InChI is InChI=1S/C25H30FN5O4/c1-14(2)35-22-16(21(32)27-18-6-5-9-31(23(18)33)19-10-17(19)26)11-30-12-20(28-24(30)29-22)25(4)8-7-15(3)34-13-25/h5-6,9,11-12,14-15,17,19H,7-8,10,13H2,1-4H3,(H,27,32)/t15?,17-,19+,25+/m1/s1. The number of aromatic nitrogens is 4. The summed E-state index contributed by atoms with van der Waals surface area (Å²) in [7, 11) is 0. The number of hydrogen-bond acceptors (Lipinski definition) is 6. The summed E-state index contributed by atoms with van der Waals surface area (Å²) in [6.45, 7) is 8.41. The summed E-state index contributed by atoms with van der Waals surface area (Å²) in [5.41, 5.74) is 0.364. The molecule has 3 aromatic rings. The second-order valence-corrected chi connectivity index (χ2v) is 10.1. The van der Waals surface area contributed by atoms with Crippen molar-refractivity contribution in [3.8, 4) is 5.88 Å². The molecule has 9 nitrogen and oxygen atoms in total. The maximum Gasteiger partial charge on any atom is 0.274 e. The summed E-state index contributed by atoms with van der Waals surface area (Å²) in [4.78, 5) is 35.3. The number of carbonyl (C=O) groups excluding carboxylic acids is 1. The van der Waals surface area contributed by atoms with E-state index in [0.29, 0.717) is 18.8 Å². The molecule has 1 saturated heterocycles. The lowest BCUT2D eigenvalue weighted by molar-refractivity contribution is -0.0162. The van der Waals surface area contributed by atoms with Crippen LogP contribution in [0.3, 0.4) is 0 Å². The number of ether oxygens (including phenoxy) is 2. The third-order valence-corrected chi connectivity index (χ3v) is 6.67. The van der Waals surface area contributed by atoms with Gasteiger partial charge in [-0.3, -0.25) is 14.0 Å². The zero-order valence-electron chi connectivity index (χ0n) is 20.3. The molecule has 1 saturated carbocycles. The van der Waals surface area contributed by atoms with Gasteiger partial charge < -0.3 is 19.4 Å². The van der Waals surface area contributed by atoms with Crippen LogP contribution in [-0.2, 0) is 10.2 Å². The molecule has 186 valence electrons. The molecule has 1 aliphatic carbocycles. The number of pyridine rings is 1. The fraction of sp³-hybridized carbons (Fsp3) is 0.520. The van der Waals surface area contributed by atoms with Crippen LogP contribution in [0, 0.1) is 0 Å². The van der Waals surface area contributed by atoms with Gasteiger partial charge in [-0.2, -0.15) is 4.98 Å². The first-order valence-corrected chi connectivity index (χ1v) is 12.0. The normalized spacial score (nSPS) is 26.2. The van der Waals surface area contributed by atoms with E-state index in [0.717, 1.165) is 18.5 Å². The van der Waals surface area contributed by atoms with Crippen molar-refractivity contribution in [2.24, 2.45) is 0 Å². The van der Waals surface area contributed by atoms with Gasteiger partial charge in [-0.1, -0.05) is 6.92 Å². The lowest BCUT2D eigenvalue weighted by Gasteiger charge is -2.34. The van der Waals surface area contributed by atoms with Crippen molar-refractivity contribution in [1.29, 1.82) is 0 Å². The average molecular weight is 484 g/mol. The second-order valence-electron chi connectivity index (χ2n) is 10.1. The highest BCUT2D eigenvalue weighted by molar-refractivity contribution is 6.05. The van der Waals surface area contributed by atoms with Crippen molar-refractivity contribution in [1.82, 2.24) is 18.9 Å². The van der Waals surface area contributed by atoms with E-state index in [1.165, 1.54) is 16.8 Å². The smallest absolute Gasteiger partial charge is 0.274 e. The van der Waals surface area contributed by atoms with E-state index in [2.05, 4.69) is 24.1 Å². The van der Waals surface area contributed by atoms with Gasteiger partial charge in [0.05, 0.1) is 30.6 Å². The number of hydrogen-bond donors (Lipinski definition) is 1. The molecule has 4 atom stereocenters. The molecule has 0 radical (unpaired) electrons. The van der Waals surface area contributed by atoms with Crippen LogP contribution in [0.4, 0.5) is 10.1 Å².